The first-order valence-electron chi connectivity index (χ1n) is 8.28. The standard InChI is InChI=1S/C20H15N5O2/c1-13-2-4-14(5-3-13)19(26)23-20-22-18-12-16(6-7-17(18)24-25-20)27-15-8-10-21-11-9-15/h2-12H,1H3,(H,22,23,25,26). The molecule has 7 heteroatoms. The first-order chi connectivity index (χ1) is 13.2. The third-order valence-corrected chi connectivity index (χ3v) is 3.85. The van der Waals surface area contributed by atoms with Gasteiger partial charge in [-0.2, -0.15) is 0 Å². The van der Waals surface area contributed by atoms with Crippen molar-refractivity contribution in [2.24, 2.45) is 0 Å². The summed E-state index contributed by atoms with van der Waals surface area (Å²) in [6, 6.07) is 16.0. The molecule has 4 rings (SSSR count). The number of nitrogens with one attached hydrogen (secondary N) is 1. The van der Waals surface area contributed by atoms with Crippen LogP contribution in [-0.2, 0) is 0 Å². The normalized spacial score (nSPS) is 10.6. The van der Waals surface area contributed by atoms with Gasteiger partial charge in [0.15, 0.2) is 0 Å². The Balaban J connectivity index is 1.57. The van der Waals surface area contributed by atoms with Gasteiger partial charge in [-0.3, -0.25) is 15.1 Å². The summed E-state index contributed by atoms with van der Waals surface area (Å²) in [4.78, 5) is 20.6. The first-order valence-corrected chi connectivity index (χ1v) is 8.28. The Hall–Kier alpha value is -3.87. The summed E-state index contributed by atoms with van der Waals surface area (Å²) in [7, 11) is 0. The molecule has 2 heterocycles. The van der Waals surface area contributed by atoms with E-state index in [1.807, 2.05) is 19.1 Å². The Labute approximate surface area is 155 Å². The molecule has 1 N–H and O–H groups in total. The number of benzene rings is 2. The fourth-order valence-corrected chi connectivity index (χ4v) is 2.45. The lowest BCUT2D eigenvalue weighted by molar-refractivity contribution is 0.102. The molecular formula is C20H15N5O2. The number of pyridine rings is 1. The molecule has 0 aliphatic heterocycles. The van der Waals surface area contributed by atoms with Crippen LogP contribution < -0.4 is 10.1 Å². The number of hydrogen-bond acceptors (Lipinski definition) is 6. The van der Waals surface area contributed by atoms with Crippen molar-refractivity contribution in [2.75, 3.05) is 5.32 Å². The molecule has 4 aromatic rings. The maximum Gasteiger partial charge on any atom is 0.258 e. The molecule has 0 radical (unpaired) electrons. The topological polar surface area (TPSA) is 89.9 Å². The predicted octanol–water partition coefficient (Wildman–Crippen LogP) is 3.77. The fraction of sp³-hybridized carbons (Fsp3) is 0.0500. The third kappa shape index (κ3) is 3.87. The highest BCUT2D eigenvalue weighted by atomic mass is 16.5. The van der Waals surface area contributed by atoms with Crippen LogP contribution in [0.2, 0.25) is 0 Å². The molecule has 0 spiro atoms. The van der Waals surface area contributed by atoms with Gasteiger partial charge in [0.2, 0.25) is 5.95 Å². The van der Waals surface area contributed by atoms with Gasteiger partial charge in [0.05, 0.1) is 5.52 Å². The van der Waals surface area contributed by atoms with Crippen molar-refractivity contribution in [3.8, 4) is 11.5 Å². The molecule has 0 unspecified atom stereocenters. The van der Waals surface area contributed by atoms with Gasteiger partial charge in [-0.05, 0) is 43.3 Å². The van der Waals surface area contributed by atoms with Gasteiger partial charge in [-0.25, -0.2) is 4.98 Å². The highest BCUT2D eigenvalue weighted by molar-refractivity contribution is 6.03. The van der Waals surface area contributed by atoms with Crippen LogP contribution in [0.5, 0.6) is 11.5 Å². The summed E-state index contributed by atoms with van der Waals surface area (Å²) in [6.07, 6.45) is 3.30. The summed E-state index contributed by atoms with van der Waals surface area (Å²) in [6.45, 7) is 1.96. The van der Waals surface area contributed by atoms with E-state index >= 15 is 0 Å². The summed E-state index contributed by atoms with van der Waals surface area (Å²) in [5, 5.41) is 10.7. The van der Waals surface area contributed by atoms with E-state index in [0.29, 0.717) is 28.1 Å². The molecule has 7 nitrogen and oxygen atoms in total. The molecule has 0 aliphatic rings. The first kappa shape index (κ1) is 16.6. The highest BCUT2D eigenvalue weighted by Gasteiger charge is 2.10. The summed E-state index contributed by atoms with van der Waals surface area (Å²) >= 11 is 0. The van der Waals surface area contributed by atoms with Crippen LogP contribution in [-0.4, -0.2) is 26.1 Å². The number of aromatic nitrogens is 4. The molecule has 132 valence electrons. The van der Waals surface area contributed by atoms with Crippen molar-refractivity contribution < 1.29 is 9.53 Å². The van der Waals surface area contributed by atoms with Crippen molar-refractivity contribution in [3.05, 3.63) is 78.1 Å². The zero-order chi connectivity index (χ0) is 18.6. The van der Waals surface area contributed by atoms with Crippen molar-refractivity contribution in [1.82, 2.24) is 20.2 Å². The maximum atomic E-state index is 12.3. The molecule has 0 saturated carbocycles. The summed E-state index contributed by atoms with van der Waals surface area (Å²) in [5.41, 5.74) is 2.78. The number of ether oxygens (including phenoxy) is 1. The van der Waals surface area contributed by atoms with E-state index in [-0.39, 0.29) is 11.9 Å². The van der Waals surface area contributed by atoms with Crippen LogP contribution in [0.25, 0.3) is 11.0 Å². The number of carbonyl (C=O) groups excluding carboxylic acids is 1. The van der Waals surface area contributed by atoms with Crippen molar-refractivity contribution >= 4 is 22.9 Å². The fourth-order valence-electron chi connectivity index (χ4n) is 2.45. The average Bonchev–Trinajstić information content (AvgIpc) is 2.69. The van der Waals surface area contributed by atoms with Crippen LogP contribution in [0, 0.1) is 6.92 Å². The van der Waals surface area contributed by atoms with Crippen LogP contribution in [0.4, 0.5) is 5.95 Å². The number of fused-ring (bicyclic) bond motifs is 1. The van der Waals surface area contributed by atoms with Crippen molar-refractivity contribution in [1.29, 1.82) is 0 Å². The Morgan fingerprint density at radius 2 is 1.67 bits per heavy atom. The van der Waals surface area contributed by atoms with Gasteiger partial charge < -0.3 is 4.74 Å². The SMILES string of the molecule is Cc1ccc(C(=O)Nc2nnc3ccc(Oc4ccncc4)cc3n2)cc1. The monoisotopic (exact) mass is 357 g/mol. The second-order valence-corrected chi connectivity index (χ2v) is 5.89. The Bertz CT molecular complexity index is 1100. The van der Waals surface area contributed by atoms with E-state index in [9.17, 15) is 4.79 Å². The molecule has 0 fully saturated rings. The zero-order valence-corrected chi connectivity index (χ0v) is 14.5. The van der Waals surface area contributed by atoms with Gasteiger partial charge in [0.1, 0.15) is 17.0 Å². The maximum absolute atomic E-state index is 12.3. The number of hydrogen-bond donors (Lipinski definition) is 1. The lowest BCUT2D eigenvalue weighted by Gasteiger charge is -2.07. The van der Waals surface area contributed by atoms with Gasteiger partial charge in [0, 0.05) is 24.0 Å². The average molecular weight is 357 g/mol. The molecule has 1 amide bonds. The molecule has 0 aliphatic carbocycles. The third-order valence-electron chi connectivity index (χ3n) is 3.85. The highest BCUT2D eigenvalue weighted by Crippen LogP contribution is 2.23. The van der Waals surface area contributed by atoms with Crippen molar-refractivity contribution in [3.63, 3.8) is 0 Å². The number of aryl methyl sites for hydroxylation is 1. The summed E-state index contributed by atoms with van der Waals surface area (Å²) < 4.78 is 5.77. The zero-order valence-electron chi connectivity index (χ0n) is 14.5. The smallest absolute Gasteiger partial charge is 0.258 e. The second-order valence-electron chi connectivity index (χ2n) is 5.89. The van der Waals surface area contributed by atoms with Crippen LogP contribution in [0.15, 0.2) is 67.0 Å². The number of anilines is 1. The van der Waals surface area contributed by atoms with Crippen LogP contribution in [0.1, 0.15) is 15.9 Å². The predicted molar refractivity (Wildman–Crippen MR) is 101 cm³/mol. The molecule has 0 saturated heterocycles. The number of amides is 1. The van der Waals surface area contributed by atoms with Gasteiger partial charge in [0.25, 0.3) is 5.91 Å². The molecule has 0 atom stereocenters. The van der Waals surface area contributed by atoms with Gasteiger partial charge in [-0.1, -0.05) is 17.7 Å². The summed E-state index contributed by atoms with van der Waals surface area (Å²) in [5.74, 6) is 1.11. The molecule has 27 heavy (non-hydrogen) atoms. The van der Waals surface area contributed by atoms with E-state index in [2.05, 4.69) is 25.5 Å². The quantitative estimate of drug-likeness (QED) is 0.598. The van der Waals surface area contributed by atoms with Crippen molar-refractivity contribution in [2.45, 2.75) is 6.92 Å². The van der Waals surface area contributed by atoms with E-state index in [4.69, 9.17) is 4.74 Å². The van der Waals surface area contributed by atoms with E-state index in [0.717, 1.165) is 5.56 Å². The second kappa shape index (κ2) is 7.17. The number of nitrogens with zero attached hydrogens (tertiary/aromatic N) is 4. The van der Waals surface area contributed by atoms with Crippen LogP contribution >= 0.6 is 0 Å². The van der Waals surface area contributed by atoms with E-state index in [1.165, 1.54) is 0 Å². The Kier molecular flexibility index (Phi) is 4.40. The Morgan fingerprint density at radius 1 is 0.889 bits per heavy atom. The minimum absolute atomic E-state index is 0.133. The molecule has 0 bridgehead atoms. The lowest BCUT2D eigenvalue weighted by atomic mass is 10.1. The molecule has 2 aromatic heterocycles. The van der Waals surface area contributed by atoms with Gasteiger partial charge >= 0.3 is 0 Å². The molecule has 2 aromatic carbocycles. The van der Waals surface area contributed by atoms with E-state index < -0.39 is 0 Å². The number of rotatable bonds is 4. The largest absolute Gasteiger partial charge is 0.457 e. The minimum Gasteiger partial charge on any atom is -0.457 e. The Morgan fingerprint density at radius 3 is 2.44 bits per heavy atom. The molecular weight excluding hydrogens is 342 g/mol. The van der Waals surface area contributed by atoms with Gasteiger partial charge in [-0.15, -0.1) is 10.2 Å². The number of carbonyl (C=O) groups is 1. The lowest BCUT2D eigenvalue weighted by Crippen LogP contribution is -2.14. The van der Waals surface area contributed by atoms with Crippen LogP contribution in [0.3, 0.4) is 0 Å². The van der Waals surface area contributed by atoms with E-state index in [1.54, 1.807) is 54.9 Å². The minimum atomic E-state index is -0.291.